The molecule has 2 aliphatic heterocycles. The molecule has 0 fully saturated rings. The summed E-state index contributed by atoms with van der Waals surface area (Å²) in [4.78, 5) is 29.9. The average molecular weight is 564 g/mol. The number of nitrogen functional groups attached to an aromatic ring is 1. The van der Waals surface area contributed by atoms with Crippen LogP contribution in [0.2, 0.25) is 0 Å². The smallest absolute Gasteiger partial charge is 0.340 e. The van der Waals surface area contributed by atoms with Gasteiger partial charge in [0.15, 0.2) is 11.9 Å². The SMILES string of the molecule is CC.CCc1c2c(nc3ccc(OS(=O)(=O)c4ccc(C)cc4)c(N)c13)-c1cc3c(c(=O)n1C2)COC(=O)[C@H]3O. The van der Waals surface area contributed by atoms with E-state index in [1.165, 1.54) is 22.8 Å². The number of anilines is 1. The fourth-order valence-corrected chi connectivity index (χ4v) is 6.10. The van der Waals surface area contributed by atoms with E-state index in [-0.39, 0.29) is 46.2 Å². The van der Waals surface area contributed by atoms with Gasteiger partial charge in [-0.1, -0.05) is 38.5 Å². The van der Waals surface area contributed by atoms with Gasteiger partial charge in [-0.15, -0.1) is 0 Å². The number of aliphatic hydroxyl groups excluding tert-OH is 1. The molecule has 0 bridgehead atoms. The number of rotatable bonds is 4. The van der Waals surface area contributed by atoms with E-state index in [4.69, 9.17) is 19.6 Å². The molecule has 0 amide bonds. The standard InChI is InChI=1S/C27H23N3O7S.C2H6/c1-3-15-17-11-30-20(10-16-18(26(30)32)12-36-27(33)25(16)31)24(17)29-19-8-9-21(23(28)22(15)19)37-38(34,35)14-6-4-13(2)5-7-14;1-2/h4-10,25,31H,3,11-12,28H2,1-2H3;1-2H3/t25-;/m0./s1. The molecule has 2 aromatic carbocycles. The van der Waals surface area contributed by atoms with Gasteiger partial charge in [0.05, 0.1) is 34.7 Å². The Kier molecular flexibility index (Phi) is 6.89. The number of aromatic nitrogens is 2. The van der Waals surface area contributed by atoms with Crippen molar-refractivity contribution in [2.45, 2.75) is 58.3 Å². The lowest BCUT2D eigenvalue weighted by atomic mass is 9.96. The molecule has 0 saturated carbocycles. The van der Waals surface area contributed by atoms with Crippen molar-refractivity contribution in [3.8, 4) is 17.1 Å². The van der Waals surface area contributed by atoms with E-state index in [0.717, 1.165) is 16.7 Å². The van der Waals surface area contributed by atoms with Gasteiger partial charge in [-0.3, -0.25) is 4.79 Å². The molecule has 3 N–H and O–H groups in total. The van der Waals surface area contributed by atoms with E-state index in [0.29, 0.717) is 28.7 Å². The third kappa shape index (κ3) is 4.22. The van der Waals surface area contributed by atoms with Crippen molar-refractivity contribution in [3.05, 3.63) is 80.6 Å². The summed E-state index contributed by atoms with van der Waals surface area (Å²) in [6.45, 7) is 7.78. The maximum atomic E-state index is 13.3. The summed E-state index contributed by atoms with van der Waals surface area (Å²) >= 11 is 0. The first-order chi connectivity index (χ1) is 19.1. The highest BCUT2D eigenvalue weighted by molar-refractivity contribution is 7.87. The number of nitrogens with two attached hydrogens (primary N) is 1. The first-order valence-corrected chi connectivity index (χ1v) is 14.4. The first-order valence-electron chi connectivity index (χ1n) is 13.0. The topological polar surface area (TPSA) is 151 Å². The van der Waals surface area contributed by atoms with Gasteiger partial charge in [0.1, 0.15) is 11.5 Å². The number of fused-ring (bicyclic) bond motifs is 5. The minimum Gasteiger partial charge on any atom is -0.458 e. The zero-order chi connectivity index (χ0) is 28.9. The Morgan fingerprint density at radius 2 is 1.82 bits per heavy atom. The number of carbonyl (C=O) groups excluding carboxylic acids is 1. The molecule has 1 atom stereocenters. The Balaban J connectivity index is 0.00000158. The summed E-state index contributed by atoms with van der Waals surface area (Å²) in [6.07, 6.45) is -1.02. The van der Waals surface area contributed by atoms with Gasteiger partial charge in [0.2, 0.25) is 0 Å². The lowest BCUT2D eigenvalue weighted by molar-refractivity contribution is -0.157. The Hall–Kier alpha value is -4.22. The highest BCUT2D eigenvalue weighted by atomic mass is 32.2. The van der Waals surface area contributed by atoms with Crippen LogP contribution in [0.25, 0.3) is 22.3 Å². The van der Waals surface area contributed by atoms with Crippen LogP contribution < -0.4 is 15.5 Å². The van der Waals surface area contributed by atoms with Crippen LogP contribution in [0.4, 0.5) is 5.69 Å². The molecule has 2 aromatic heterocycles. The summed E-state index contributed by atoms with van der Waals surface area (Å²) < 4.78 is 37.8. The summed E-state index contributed by atoms with van der Waals surface area (Å²) in [6, 6.07) is 11.0. The highest BCUT2D eigenvalue weighted by Gasteiger charge is 2.35. The van der Waals surface area contributed by atoms with Crippen LogP contribution in [0.1, 0.15) is 54.7 Å². The lowest BCUT2D eigenvalue weighted by Crippen LogP contribution is -2.32. The second-order valence-corrected chi connectivity index (χ2v) is 10.9. The monoisotopic (exact) mass is 563 g/mol. The number of hydrogen-bond donors (Lipinski definition) is 2. The molecule has 4 aromatic rings. The second kappa shape index (κ2) is 10.1. The Labute approximate surface area is 231 Å². The van der Waals surface area contributed by atoms with Crippen LogP contribution in [0.15, 0.2) is 52.2 Å². The van der Waals surface area contributed by atoms with Crippen LogP contribution in [-0.4, -0.2) is 29.0 Å². The zero-order valence-corrected chi connectivity index (χ0v) is 23.3. The maximum Gasteiger partial charge on any atom is 0.340 e. The molecule has 0 spiro atoms. The second-order valence-electron chi connectivity index (χ2n) is 9.36. The third-order valence-electron chi connectivity index (χ3n) is 7.10. The number of esters is 1. The zero-order valence-electron chi connectivity index (χ0n) is 22.5. The van der Waals surface area contributed by atoms with Gasteiger partial charge in [0, 0.05) is 16.5 Å². The minimum absolute atomic E-state index is 0.00818. The van der Waals surface area contributed by atoms with Crippen molar-refractivity contribution in [3.63, 3.8) is 0 Å². The van der Waals surface area contributed by atoms with Crippen molar-refractivity contribution in [1.29, 1.82) is 0 Å². The normalized spacial score (nSPS) is 15.4. The molecule has 4 heterocycles. The van der Waals surface area contributed by atoms with Gasteiger partial charge >= 0.3 is 16.1 Å². The lowest BCUT2D eigenvalue weighted by Gasteiger charge is -2.21. The van der Waals surface area contributed by atoms with E-state index in [2.05, 4.69) is 0 Å². The largest absolute Gasteiger partial charge is 0.458 e. The van der Waals surface area contributed by atoms with Gasteiger partial charge in [0.25, 0.3) is 5.56 Å². The molecule has 0 aliphatic carbocycles. The Morgan fingerprint density at radius 3 is 2.50 bits per heavy atom. The highest BCUT2D eigenvalue weighted by Crippen LogP contribution is 2.42. The number of benzene rings is 2. The van der Waals surface area contributed by atoms with Crippen LogP contribution in [-0.2, 0) is 39.2 Å². The molecule has 11 heteroatoms. The van der Waals surface area contributed by atoms with Crippen molar-refractivity contribution in [2.75, 3.05) is 5.73 Å². The van der Waals surface area contributed by atoms with Gasteiger partial charge in [-0.05, 0) is 49.2 Å². The molecular formula is C29H29N3O7S. The van der Waals surface area contributed by atoms with Crippen LogP contribution in [0, 0.1) is 6.92 Å². The fourth-order valence-electron chi connectivity index (χ4n) is 5.15. The number of ether oxygens (including phenoxy) is 1. The number of cyclic esters (lactones) is 1. The number of nitrogens with zero attached hydrogens (tertiary/aromatic N) is 2. The van der Waals surface area contributed by atoms with Crippen LogP contribution in [0.3, 0.4) is 0 Å². The van der Waals surface area contributed by atoms with Gasteiger partial charge in [-0.2, -0.15) is 8.42 Å². The van der Waals surface area contributed by atoms with E-state index >= 15 is 0 Å². The number of aryl methyl sites for hydroxylation is 2. The first kappa shape index (κ1) is 27.4. The van der Waals surface area contributed by atoms with E-state index < -0.39 is 22.2 Å². The number of aliphatic hydroxyl groups is 1. The van der Waals surface area contributed by atoms with Crippen molar-refractivity contribution >= 4 is 32.7 Å². The Morgan fingerprint density at radius 1 is 1.12 bits per heavy atom. The maximum absolute atomic E-state index is 13.3. The molecule has 0 saturated heterocycles. The number of pyridine rings is 2. The third-order valence-corrected chi connectivity index (χ3v) is 8.35. The minimum atomic E-state index is -4.13. The van der Waals surface area contributed by atoms with E-state index in [1.54, 1.807) is 24.3 Å². The summed E-state index contributed by atoms with van der Waals surface area (Å²) in [5.41, 5.74) is 10.7. The predicted molar refractivity (Wildman–Crippen MR) is 149 cm³/mol. The summed E-state index contributed by atoms with van der Waals surface area (Å²) in [7, 11) is -4.13. The van der Waals surface area contributed by atoms with Crippen molar-refractivity contribution in [2.24, 2.45) is 0 Å². The Bertz CT molecular complexity index is 1850. The van der Waals surface area contributed by atoms with Crippen LogP contribution >= 0.6 is 0 Å². The number of carbonyl (C=O) groups is 1. The van der Waals surface area contributed by atoms with E-state index in [9.17, 15) is 23.1 Å². The van der Waals surface area contributed by atoms with Crippen LogP contribution in [0.5, 0.6) is 5.75 Å². The molecule has 0 unspecified atom stereocenters. The van der Waals surface area contributed by atoms with E-state index in [1.807, 2.05) is 27.7 Å². The number of hydrogen-bond acceptors (Lipinski definition) is 9. The molecule has 10 nitrogen and oxygen atoms in total. The predicted octanol–water partition coefficient (Wildman–Crippen LogP) is 3.76. The average Bonchev–Trinajstić information content (AvgIpc) is 3.31. The quantitative estimate of drug-likeness (QED) is 0.189. The van der Waals surface area contributed by atoms with Crippen molar-refractivity contribution < 1.29 is 27.2 Å². The summed E-state index contributed by atoms with van der Waals surface area (Å²) in [5, 5.41) is 10.9. The molecule has 2 aliphatic rings. The molecule has 0 radical (unpaired) electrons. The fraction of sp³-hybridized carbons (Fsp3) is 0.276. The molecule has 40 heavy (non-hydrogen) atoms. The molecule has 6 rings (SSSR count). The molecule has 208 valence electrons. The van der Waals surface area contributed by atoms with Crippen molar-refractivity contribution in [1.82, 2.24) is 9.55 Å². The van der Waals surface area contributed by atoms with Gasteiger partial charge in [-0.25, -0.2) is 9.78 Å². The summed E-state index contributed by atoms with van der Waals surface area (Å²) in [5.74, 6) is -0.821. The molecular weight excluding hydrogens is 534 g/mol. The van der Waals surface area contributed by atoms with Gasteiger partial charge < -0.3 is 24.3 Å².